The number of aromatic nitrogens is 6. The molecule has 7 nitrogen and oxygen atoms in total. The average molecular weight is 305 g/mol. The normalized spacial score (nSPS) is 12.3. The van der Waals surface area contributed by atoms with Gasteiger partial charge in [-0.15, -0.1) is 0 Å². The first kappa shape index (κ1) is 13.4. The summed E-state index contributed by atoms with van der Waals surface area (Å²) in [5.41, 5.74) is 2.61. The highest BCUT2D eigenvalue weighted by atomic mass is 15.3. The van der Waals surface area contributed by atoms with Crippen LogP contribution in [0, 0.1) is 0 Å². The molecule has 0 aliphatic rings. The third kappa shape index (κ3) is 2.76. The van der Waals surface area contributed by atoms with Crippen LogP contribution in [0.4, 0.5) is 5.82 Å². The van der Waals surface area contributed by atoms with Crippen molar-refractivity contribution in [1.29, 1.82) is 0 Å². The van der Waals surface area contributed by atoms with E-state index in [-0.39, 0.29) is 6.04 Å². The fourth-order valence-electron chi connectivity index (χ4n) is 2.55. The average Bonchev–Trinajstić information content (AvgIpc) is 3.27. The molecular formula is C16H15N7. The van der Waals surface area contributed by atoms with E-state index in [4.69, 9.17) is 0 Å². The van der Waals surface area contributed by atoms with Crippen LogP contribution < -0.4 is 5.32 Å². The molecule has 4 aromatic rings. The summed E-state index contributed by atoms with van der Waals surface area (Å²) >= 11 is 0. The first-order chi connectivity index (χ1) is 11.4. The lowest BCUT2D eigenvalue weighted by molar-refractivity contribution is 0.550. The molecule has 114 valence electrons. The van der Waals surface area contributed by atoms with Gasteiger partial charge in [-0.05, 0) is 11.6 Å². The van der Waals surface area contributed by atoms with Gasteiger partial charge in [-0.1, -0.05) is 30.3 Å². The number of benzene rings is 1. The van der Waals surface area contributed by atoms with Gasteiger partial charge in [0.25, 0.3) is 0 Å². The van der Waals surface area contributed by atoms with Gasteiger partial charge in [0.05, 0.1) is 18.9 Å². The lowest BCUT2D eigenvalue weighted by atomic mass is 10.1. The molecule has 0 bridgehead atoms. The molecule has 0 radical (unpaired) electrons. The van der Waals surface area contributed by atoms with Crippen molar-refractivity contribution in [3.63, 3.8) is 0 Å². The van der Waals surface area contributed by atoms with Crippen LogP contribution in [-0.2, 0) is 6.54 Å². The van der Waals surface area contributed by atoms with Crippen LogP contribution in [0.15, 0.2) is 61.4 Å². The number of anilines is 1. The highest BCUT2D eigenvalue weighted by Crippen LogP contribution is 2.23. The largest absolute Gasteiger partial charge is 0.359 e. The van der Waals surface area contributed by atoms with E-state index >= 15 is 0 Å². The van der Waals surface area contributed by atoms with E-state index in [9.17, 15) is 0 Å². The maximum atomic E-state index is 4.35. The van der Waals surface area contributed by atoms with Crippen molar-refractivity contribution in [1.82, 2.24) is 29.7 Å². The minimum Gasteiger partial charge on any atom is -0.359 e. The number of nitrogens with one attached hydrogen (secondary N) is 2. The maximum absolute atomic E-state index is 4.35. The molecule has 23 heavy (non-hydrogen) atoms. The van der Waals surface area contributed by atoms with Crippen molar-refractivity contribution < 1.29 is 0 Å². The highest BCUT2D eigenvalue weighted by Gasteiger charge is 2.15. The van der Waals surface area contributed by atoms with E-state index in [0.29, 0.717) is 12.2 Å². The van der Waals surface area contributed by atoms with Gasteiger partial charge in [0.15, 0.2) is 11.5 Å². The van der Waals surface area contributed by atoms with Gasteiger partial charge in [0, 0.05) is 12.4 Å². The molecule has 0 spiro atoms. The number of H-pyrrole nitrogens is 1. The Kier molecular flexibility index (Phi) is 3.44. The second-order valence-electron chi connectivity index (χ2n) is 5.16. The molecule has 0 saturated heterocycles. The van der Waals surface area contributed by atoms with Crippen molar-refractivity contribution in [2.45, 2.75) is 12.6 Å². The third-order valence-electron chi connectivity index (χ3n) is 3.66. The van der Waals surface area contributed by atoms with Crippen molar-refractivity contribution in [2.75, 3.05) is 5.32 Å². The first-order valence-electron chi connectivity index (χ1n) is 7.33. The molecule has 0 amide bonds. The van der Waals surface area contributed by atoms with E-state index < -0.39 is 0 Å². The number of fused-ring (bicyclic) bond motifs is 1. The van der Waals surface area contributed by atoms with Gasteiger partial charge in [0.2, 0.25) is 0 Å². The topological polar surface area (TPSA) is 84.3 Å². The van der Waals surface area contributed by atoms with Crippen molar-refractivity contribution in [3.05, 3.63) is 67.0 Å². The molecule has 0 fully saturated rings. The van der Waals surface area contributed by atoms with Crippen LogP contribution in [0.25, 0.3) is 11.2 Å². The predicted molar refractivity (Wildman–Crippen MR) is 86.7 cm³/mol. The summed E-state index contributed by atoms with van der Waals surface area (Å²) in [5, 5.41) is 7.78. The lowest BCUT2D eigenvalue weighted by Gasteiger charge is -2.20. The lowest BCUT2D eigenvalue weighted by Crippen LogP contribution is -2.18. The molecule has 1 atom stereocenters. The molecular weight excluding hydrogens is 290 g/mol. The SMILES string of the molecule is c1ccc(C(Cn2cccn2)Nc2ncnc3nc[nH]c23)cc1. The van der Waals surface area contributed by atoms with Crippen LogP contribution >= 0.6 is 0 Å². The molecule has 1 unspecified atom stereocenters. The molecule has 7 heteroatoms. The number of hydrogen-bond donors (Lipinski definition) is 2. The Morgan fingerprint density at radius 1 is 1.09 bits per heavy atom. The summed E-state index contributed by atoms with van der Waals surface area (Å²) in [6.07, 6.45) is 6.86. The Hall–Kier alpha value is -3.22. The second-order valence-corrected chi connectivity index (χ2v) is 5.16. The summed E-state index contributed by atoms with van der Waals surface area (Å²) < 4.78 is 1.90. The van der Waals surface area contributed by atoms with Crippen molar-refractivity contribution >= 4 is 17.0 Å². The Labute approximate surface area is 132 Å². The Balaban J connectivity index is 1.69. The molecule has 0 saturated carbocycles. The van der Waals surface area contributed by atoms with E-state index in [1.807, 2.05) is 35.1 Å². The van der Waals surface area contributed by atoms with E-state index in [2.05, 4.69) is 42.5 Å². The van der Waals surface area contributed by atoms with Gasteiger partial charge in [-0.3, -0.25) is 4.68 Å². The Morgan fingerprint density at radius 3 is 2.83 bits per heavy atom. The van der Waals surface area contributed by atoms with Gasteiger partial charge < -0.3 is 10.3 Å². The fraction of sp³-hybridized carbons (Fsp3) is 0.125. The number of imidazole rings is 1. The third-order valence-corrected chi connectivity index (χ3v) is 3.66. The van der Waals surface area contributed by atoms with Gasteiger partial charge in [-0.2, -0.15) is 5.10 Å². The fourth-order valence-corrected chi connectivity index (χ4v) is 2.55. The number of aromatic amines is 1. The van der Waals surface area contributed by atoms with E-state index in [0.717, 1.165) is 16.9 Å². The van der Waals surface area contributed by atoms with Crippen LogP contribution in [0.5, 0.6) is 0 Å². The molecule has 2 N–H and O–H groups in total. The summed E-state index contributed by atoms with van der Waals surface area (Å²) in [5.74, 6) is 0.730. The smallest absolute Gasteiger partial charge is 0.182 e. The summed E-state index contributed by atoms with van der Waals surface area (Å²) in [6.45, 7) is 0.691. The molecule has 1 aromatic carbocycles. The predicted octanol–water partition coefficient (Wildman–Crippen LogP) is 2.40. The molecule has 3 heterocycles. The summed E-state index contributed by atoms with van der Waals surface area (Å²) in [4.78, 5) is 15.8. The monoisotopic (exact) mass is 305 g/mol. The Morgan fingerprint density at radius 2 is 2.00 bits per heavy atom. The standard InChI is InChI=1S/C16H15N7/c1-2-5-12(6-3-1)13(9-23-8-4-7-21-23)22-16-14-15(18-10-17-14)19-11-20-16/h1-8,10-11,13H,9H2,(H2,17,18,19,20,22). The van der Waals surface area contributed by atoms with Crippen LogP contribution in [0.2, 0.25) is 0 Å². The van der Waals surface area contributed by atoms with Crippen LogP contribution in [-0.4, -0.2) is 29.7 Å². The number of nitrogens with zero attached hydrogens (tertiary/aromatic N) is 5. The van der Waals surface area contributed by atoms with Gasteiger partial charge >= 0.3 is 0 Å². The molecule has 4 rings (SSSR count). The second kappa shape index (κ2) is 5.88. The highest BCUT2D eigenvalue weighted by molar-refractivity contribution is 5.82. The summed E-state index contributed by atoms with van der Waals surface area (Å²) in [7, 11) is 0. The van der Waals surface area contributed by atoms with E-state index in [1.165, 1.54) is 6.33 Å². The molecule has 0 aliphatic heterocycles. The zero-order valence-corrected chi connectivity index (χ0v) is 12.3. The quantitative estimate of drug-likeness (QED) is 0.591. The molecule has 3 aromatic heterocycles. The van der Waals surface area contributed by atoms with Gasteiger partial charge in [0.1, 0.15) is 11.8 Å². The van der Waals surface area contributed by atoms with Crippen LogP contribution in [0.3, 0.4) is 0 Å². The zero-order valence-electron chi connectivity index (χ0n) is 12.3. The van der Waals surface area contributed by atoms with Crippen molar-refractivity contribution in [3.8, 4) is 0 Å². The molecule has 0 aliphatic carbocycles. The summed E-state index contributed by atoms with van der Waals surface area (Å²) in [6, 6.07) is 12.2. The minimum atomic E-state index is 0.0255. The number of hydrogen-bond acceptors (Lipinski definition) is 5. The van der Waals surface area contributed by atoms with Gasteiger partial charge in [-0.25, -0.2) is 15.0 Å². The Bertz CT molecular complexity index is 883. The van der Waals surface area contributed by atoms with E-state index in [1.54, 1.807) is 12.5 Å². The van der Waals surface area contributed by atoms with Crippen molar-refractivity contribution in [2.24, 2.45) is 0 Å². The number of rotatable bonds is 5. The zero-order chi connectivity index (χ0) is 15.5. The maximum Gasteiger partial charge on any atom is 0.182 e. The first-order valence-corrected chi connectivity index (χ1v) is 7.33. The van der Waals surface area contributed by atoms with Crippen LogP contribution in [0.1, 0.15) is 11.6 Å². The minimum absolute atomic E-state index is 0.0255.